The minimum atomic E-state index is -0.0527. The van der Waals surface area contributed by atoms with Crippen LogP contribution in [0.25, 0.3) is 5.57 Å². The van der Waals surface area contributed by atoms with Crippen LogP contribution in [-0.4, -0.2) is 47.8 Å². The van der Waals surface area contributed by atoms with Gasteiger partial charge < -0.3 is 9.80 Å². The lowest BCUT2D eigenvalue weighted by atomic mass is 9.93. The Hall–Kier alpha value is -1.78. The lowest BCUT2D eigenvalue weighted by Gasteiger charge is -2.35. The summed E-state index contributed by atoms with van der Waals surface area (Å²) in [5, 5.41) is 1.09. The number of hydrogen-bond acceptors (Lipinski definition) is 2. The van der Waals surface area contributed by atoms with E-state index in [2.05, 4.69) is 12.7 Å². The topological polar surface area (TPSA) is 40.6 Å². The smallest absolute Gasteiger partial charge is 0.245 e. The lowest BCUT2D eigenvalue weighted by molar-refractivity contribution is -0.139. The number of rotatable bonds is 3. The molecule has 2 aliphatic rings. The van der Waals surface area contributed by atoms with E-state index in [1.54, 1.807) is 11.0 Å². The summed E-state index contributed by atoms with van der Waals surface area (Å²) < 4.78 is 0. The van der Waals surface area contributed by atoms with Crippen molar-refractivity contribution in [3.8, 4) is 0 Å². The average Bonchev–Trinajstić information content (AvgIpc) is 2.69. The molecule has 1 fully saturated rings. The van der Waals surface area contributed by atoms with Crippen molar-refractivity contribution in [2.24, 2.45) is 5.92 Å². The molecule has 0 saturated carbocycles. The van der Waals surface area contributed by atoms with Crippen LogP contribution >= 0.6 is 23.2 Å². The van der Waals surface area contributed by atoms with E-state index >= 15 is 0 Å². The Morgan fingerprint density at radius 1 is 1.08 bits per heavy atom. The van der Waals surface area contributed by atoms with Gasteiger partial charge in [0.25, 0.3) is 0 Å². The standard InChI is InChI=1S/C20H22Cl2N2O2/c1-2-19(25)23-9-7-15(8-10-23)20(26)24-11-5-14(6-12-24)16-3-4-17(21)18(22)13-16/h2-5,13,15H,1,6-12H2. The van der Waals surface area contributed by atoms with Crippen molar-refractivity contribution in [2.45, 2.75) is 19.3 Å². The van der Waals surface area contributed by atoms with E-state index in [1.165, 1.54) is 11.6 Å². The van der Waals surface area contributed by atoms with Gasteiger partial charge in [0.15, 0.2) is 0 Å². The lowest BCUT2D eigenvalue weighted by Crippen LogP contribution is -2.45. The molecule has 0 bridgehead atoms. The minimum absolute atomic E-state index is 0.00351. The second-order valence-corrected chi connectivity index (χ2v) is 7.51. The van der Waals surface area contributed by atoms with Crippen molar-refractivity contribution in [3.63, 3.8) is 0 Å². The van der Waals surface area contributed by atoms with E-state index in [1.807, 2.05) is 17.0 Å². The van der Waals surface area contributed by atoms with Gasteiger partial charge in [-0.25, -0.2) is 0 Å². The molecule has 2 heterocycles. The number of hydrogen-bond donors (Lipinski definition) is 0. The summed E-state index contributed by atoms with van der Waals surface area (Å²) in [6.07, 6.45) is 5.67. The number of amides is 2. The van der Waals surface area contributed by atoms with E-state index in [0.717, 1.165) is 24.8 Å². The largest absolute Gasteiger partial charge is 0.339 e. The van der Waals surface area contributed by atoms with Crippen molar-refractivity contribution in [1.82, 2.24) is 9.80 Å². The van der Waals surface area contributed by atoms with Crippen molar-refractivity contribution < 1.29 is 9.59 Å². The zero-order valence-electron chi connectivity index (χ0n) is 14.6. The summed E-state index contributed by atoms with van der Waals surface area (Å²) in [7, 11) is 0. The quantitative estimate of drug-likeness (QED) is 0.728. The third kappa shape index (κ3) is 4.13. The minimum Gasteiger partial charge on any atom is -0.339 e. The summed E-state index contributed by atoms with van der Waals surface area (Å²) in [6, 6.07) is 5.64. The van der Waals surface area contributed by atoms with Crippen LogP contribution in [0.2, 0.25) is 10.0 Å². The molecule has 0 atom stereocenters. The number of piperidine rings is 1. The molecule has 138 valence electrons. The van der Waals surface area contributed by atoms with Gasteiger partial charge in [0, 0.05) is 32.1 Å². The van der Waals surface area contributed by atoms with Crippen molar-refractivity contribution in [2.75, 3.05) is 26.2 Å². The third-order valence-electron chi connectivity index (χ3n) is 5.14. The van der Waals surface area contributed by atoms with Crippen LogP contribution in [0.5, 0.6) is 0 Å². The number of likely N-dealkylation sites (tertiary alicyclic amines) is 1. The Labute approximate surface area is 164 Å². The van der Waals surface area contributed by atoms with Gasteiger partial charge in [-0.2, -0.15) is 0 Å². The molecule has 26 heavy (non-hydrogen) atoms. The number of nitrogens with zero attached hydrogens (tertiary/aromatic N) is 2. The first-order valence-corrected chi connectivity index (χ1v) is 9.59. The van der Waals surface area contributed by atoms with Crippen molar-refractivity contribution >= 4 is 40.6 Å². The van der Waals surface area contributed by atoms with Gasteiger partial charge >= 0.3 is 0 Å². The third-order valence-corrected chi connectivity index (χ3v) is 5.88. The summed E-state index contributed by atoms with van der Waals surface area (Å²) in [5.74, 6) is 0.145. The Morgan fingerprint density at radius 3 is 2.38 bits per heavy atom. The molecular formula is C20H22Cl2N2O2. The molecule has 2 aliphatic heterocycles. The Bertz CT molecular complexity index is 752. The highest BCUT2D eigenvalue weighted by molar-refractivity contribution is 6.42. The molecule has 4 nitrogen and oxygen atoms in total. The zero-order chi connectivity index (χ0) is 18.7. The summed E-state index contributed by atoms with van der Waals surface area (Å²) >= 11 is 12.1. The fraction of sp³-hybridized carbons (Fsp3) is 0.400. The van der Waals surface area contributed by atoms with E-state index < -0.39 is 0 Å². The Kier molecular flexibility index (Phi) is 6.05. The average molecular weight is 393 g/mol. The number of carbonyl (C=O) groups is 2. The highest BCUT2D eigenvalue weighted by Crippen LogP contribution is 2.30. The monoisotopic (exact) mass is 392 g/mol. The molecule has 1 aromatic carbocycles. The molecule has 1 aromatic rings. The Balaban J connectivity index is 1.58. The number of carbonyl (C=O) groups excluding carboxylic acids is 2. The fourth-order valence-corrected chi connectivity index (χ4v) is 3.86. The van der Waals surface area contributed by atoms with Crippen molar-refractivity contribution in [1.29, 1.82) is 0 Å². The molecule has 6 heteroatoms. The number of halogens is 2. The van der Waals surface area contributed by atoms with E-state index in [-0.39, 0.29) is 17.7 Å². The fourth-order valence-electron chi connectivity index (χ4n) is 3.56. The SMILES string of the molecule is C=CC(=O)N1CCC(C(=O)N2CC=C(c3ccc(Cl)c(Cl)c3)CC2)CC1. The second kappa shape index (κ2) is 8.28. The zero-order valence-corrected chi connectivity index (χ0v) is 16.1. The molecule has 2 amide bonds. The van der Waals surface area contributed by atoms with Crippen LogP contribution in [0.1, 0.15) is 24.8 Å². The second-order valence-electron chi connectivity index (χ2n) is 6.70. The Morgan fingerprint density at radius 2 is 1.81 bits per heavy atom. The van der Waals surface area contributed by atoms with Gasteiger partial charge in [-0.15, -0.1) is 0 Å². The first kappa shape index (κ1) is 19.0. The highest BCUT2D eigenvalue weighted by Gasteiger charge is 2.30. The summed E-state index contributed by atoms with van der Waals surface area (Å²) in [5.41, 5.74) is 2.25. The molecule has 1 saturated heterocycles. The van der Waals surface area contributed by atoms with Gasteiger partial charge in [-0.1, -0.05) is 41.9 Å². The molecular weight excluding hydrogens is 371 g/mol. The van der Waals surface area contributed by atoms with Crippen LogP contribution in [0.4, 0.5) is 0 Å². The van der Waals surface area contributed by atoms with Crippen molar-refractivity contribution in [3.05, 3.63) is 52.5 Å². The van der Waals surface area contributed by atoms with E-state index in [4.69, 9.17) is 23.2 Å². The van der Waals surface area contributed by atoms with Gasteiger partial charge in [0.05, 0.1) is 10.0 Å². The predicted molar refractivity (Wildman–Crippen MR) is 105 cm³/mol. The normalized spacial score (nSPS) is 18.5. The number of benzene rings is 1. The predicted octanol–water partition coefficient (Wildman–Crippen LogP) is 4.03. The first-order valence-electron chi connectivity index (χ1n) is 8.84. The van der Waals surface area contributed by atoms with Gasteiger partial charge in [-0.3, -0.25) is 9.59 Å². The first-order chi connectivity index (χ1) is 12.5. The molecule has 0 unspecified atom stereocenters. The van der Waals surface area contributed by atoms with Crippen LogP contribution in [0.15, 0.2) is 36.9 Å². The molecule has 0 aliphatic carbocycles. The maximum Gasteiger partial charge on any atom is 0.245 e. The summed E-state index contributed by atoms with van der Waals surface area (Å²) in [6.45, 7) is 6.08. The van der Waals surface area contributed by atoms with Gasteiger partial charge in [0.2, 0.25) is 11.8 Å². The molecule has 0 spiro atoms. The van der Waals surface area contributed by atoms with Gasteiger partial charge in [0.1, 0.15) is 0 Å². The molecule has 0 aromatic heterocycles. The van der Waals surface area contributed by atoms with Crippen LogP contribution in [0.3, 0.4) is 0 Å². The highest BCUT2D eigenvalue weighted by atomic mass is 35.5. The summed E-state index contributed by atoms with van der Waals surface area (Å²) in [4.78, 5) is 28.1. The van der Waals surface area contributed by atoms with Gasteiger partial charge in [-0.05, 0) is 48.6 Å². The van der Waals surface area contributed by atoms with Crippen LogP contribution < -0.4 is 0 Å². The molecule has 3 rings (SSSR count). The molecule has 0 radical (unpaired) electrons. The maximum absolute atomic E-state index is 12.8. The van der Waals surface area contributed by atoms with E-state index in [9.17, 15) is 9.59 Å². The maximum atomic E-state index is 12.8. The van der Waals surface area contributed by atoms with E-state index in [0.29, 0.717) is 36.2 Å². The van der Waals surface area contributed by atoms with Crippen LogP contribution in [-0.2, 0) is 9.59 Å². The molecule has 0 N–H and O–H groups in total. The van der Waals surface area contributed by atoms with Crippen LogP contribution in [0, 0.1) is 5.92 Å².